The van der Waals surface area contributed by atoms with E-state index in [1.807, 2.05) is 0 Å². The summed E-state index contributed by atoms with van der Waals surface area (Å²) in [5.41, 5.74) is 1.03. The summed E-state index contributed by atoms with van der Waals surface area (Å²) in [6, 6.07) is 7.55. The zero-order valence-electron chi connectivity index (χ0n) is 16.3. The van der Waals surface area contributed by atoms with Gasteiger partial charge in [0.2, 0.25) is 0 Å². The summed E-state index contributed by atoms with van der Waals surface area (Å²) in [5, 5.41) is 14.2. The van der Waals surface area contributed by atoms with E-state index in [1.54, 1.807) is 24.5 Å². The van der Waals surface area contributed by atoms with Crippen molar-refractivity contribution < 1.29 is 32.5 Å². The van der Waals surface area contributed by atoms with Gasteiger partial charge in [0, 0.05) is 42.0 Å². The van der Waals surface area contributed by atoms with Gasteiger partial charge in [0.15, 0.2) is 11.5 Å². The number of aliphatic hydroxyl groups excluding tert-OH is 1. The van der Waals surface area contributed by atoms with Crippen LogP contribution >= 0.6 is 0 Å². The number of pyridine rings is 1. The zero-order chi connectivity index (χ0) is 21.6. The summed E-state index contributed by atoms with van der Waals surface area (Å²) in [6.45, 7) is 0.0700. The number of aliphatic hydroxyl groups is 1. The number of hydrogen-bond acceptors (Lipinski definition) is 6. The van der Waals surface area contributed by atoms with Gasteiger partial charge in [-0.15, -0.1) is 8.78 Å². The number of alkyl halides is 2. The molecule has 2 N–H and O–H groups in total. The lowest BCUT2D eigenvalue weighted by Crippen LogP contribution is -2.46. The van der Waals surface area contributed by atoms with E-state index in [1.165, 1.54) is 18.2 Å². The highest BCUT2D eigenvalue weighted by atomic mass is 19.3. The van der Waals surface area contributed by atoms with Gasteiger partial charge in [-0.05, 0) is 48.1 Å². The maximum atomic E-state index is 14.6. The van der Waals surface area contributed by atoms with Crippen LogP contribution in [0.1, 0.15) is 24.0 Å². The Kier molecular flexibility index (Phi) is 4.86. The van der Waals surface area contributed by atoms with Crippen LogP contribution in [0.15, 0.2) is 42.7 Å². The second-order valence-corrected chi connectivity index (χ2v) is 7.64. The molecule has 2 heterocycles. The van der Waals surface area contributed by atoms with Crippen molar-refractivity contribution in [3.8, 4) is 17.2 Å². The van der Waals surface area contributed by atoms with Gasteiger partial charge in [0.1, 0.15) is 17.7 Å². The van der Waals surface area contributed by atoms with E-state index in [9.17, 15) is 18.3 Å². The Morgan fingerprint density at radius 3 is 2.74 bits per heavy atom. The summed E-state index contributed by atoms with van der Waals surface area (Å²) in [7, 11) is 0. The van der Waals surface area contributed by atoms with E-state index in [2.05, 4.69) is 19.8 Å². The quantitative estimate of drug-likeness (QED) is 0.616. The first-order valence-electron chi connectivity index (χ1n) is 9.86. The van der Waals surface area contributed by atoms with Gasteiger partial charge >= 0.3 is 6.29 Å². The molecule has 1 aromatic heterocycles. The lowest BCUT2D eigenvalue weighted by atomic mass is 9.88. The van der Waals surface area contributed by atoms with E-state index >= 15 is 0 Å². The van der Waals surface area contributed by atoms with Gasteiger partial charge < -0.3 is 24.6 Å². The first-order chi connectivity index (χ1) is 14.9. The fourth-order valence-corrected chi connectivity index (χ4v) is 3.94. The van der Waals surface area contributed by atoms with E-state index in [0.717, 1.165) is 10.8 Å². The molecule has 3 aromatic rings. The Hall–Kier alpha value is -3.04. The molecule has 1 aliphatic carbocycles. The van der Waals surface area contributed by atoms with Crippen molar-refractivity contribution >= 4 is 10.8 Å². The third-order valence-corrected chi connectivity index (χ3v) is 5.59. The lowest BCUT2D eigenvalue weighted by molar-refractivity contribution is -0.286. The predicted molar refractivity (Wildman–Crippen MR) is 105 cm³/mol. The number of nitrogens with one attached hydrogen (secondary N) is 1. The fraction of sp³-hybridized carbons (Fsp3) is 0.318. The summed E-state index contributed by atoms with van der Waals surface area (Å²) in [5.74, 6) is -0.0333. The van der Waals surface area contributed by atoms with E-state index in [-0.39, 0.29) is 36.1 Å². The maximum Gasteiger partial charge on any atom is 0.586 e. The first-order valence-corrected chi connectivity index (χ1v) is 9.86. The number of fused-ring (bicyclic) bond motifs is 2. The van der Waals surface area contributed by atoms with Crippen LogP contribution in [-0.4, -0.2) is 28.5 Å². The van der Waals surface area contributed by atoms with Crippen LogP contribution in [0.3, 0.4) is 0 Å². The molecule has 2 aromatic carbocycles. The minimum Gasteiger partial charge on any atom is -0.490 e. The number of hydrogen-bond donors (Lipinski definition) is 2. The topological polar surface area (TPSA) is 72.8 Å². The van der Waals surface area contributed by atoms with Crippen LogP contribution in [0.2, 0.25) is 0 Å². The SMILES string of the molecule is OCc1cc(F)c(CNC2CC(Oc3ccc4c(c3)OC(F)(F)O4)C2)c2ccncc12. The van der Waals surface area contributed by atoms with Crippen LogP contribution in [0.4, 0.5) is 13.2 Å². The van der Waals surface area contributed by atoms with Gasteiger partial charge in [-0.25, -0.2) is 4.39 Å². The van der Waals surface area contributed by atoms with Crippen LogP contribution in [0.25, 0.3) is 10.8 Å². The maximum absolute atomic E-state index is 14.6. The Balaban J connectivity index is 1.19. The average molecular weight is 432 g/mol. The summed E-state index contributed by atoms with van der Waals surface area (Å²) in [6.07, 6.45) is 0.873. The largest absolute Gasteiger partial charge is 0.586 e. The third kappa shape index (κ3) is 3.86. The molecule has 1 fully saturated rings. The van der Waals surface area contributed by atoms with Crippen LogP contribution in [0, 0.1) is 5.82 Å². The highest BCUT2D eigenvalue weighted by Crippen LogP contribution is 2.43. The first kappa shape index (κ1) is 19.9. The van der Waals surface area contributed by atoms with Crippen molar-refractivity contribution in [3.63, 3.8) is 0 Å². The lowest BCUT2D eigenvalue weighted by Gasteiger charge is -2.36. The van der Waals surface area contributed by atoms with E-state index < -0.39 is 6.29 Å². The van der Waals surface area contributed by atoms with Crippen molar-refractivity contribution in [1.82, 2.24) is 10.3 Å². The second-order valence-electron chi connectivity index (χ2n) is 7.64. The average Bonchev–Trinajstić information content (AvgIpc) is 3.03. The van der Waals surface area contributed by atoms with Gasteiger partial charge in [-0.2, -0.15) is 0 Å². The molecule has 31 heavy (non-hydrogen) atoms. The number of nitrogens with zero attached hydrogens (tertiary/aromatic N) is 1. The van der Waals surface area contributed by atoms with E-state index in [4.69, 9.17) is 4.74 Å². The molecule has 9 heteroatoms. The van der Waals surface area contributed by atoms with Gasteiger partial charge in [-0.3, -0.25) is 4.98 Å². The minimum absolute atomic E-state index is 0.0258. The fourth-order valence-electron chi connectivity index (χ4n) is 3.94. The highest BCUT2D eigenvalue weighted by molar-refractivity contribution is 5.88. The summed E-state index contributed by atoms with van der Waals surface area (Å²) in [4.78, 5) is 4.07. The zero-order valence-corrected chi connectivity index (χ0v) is 16.3. The second kappa shape index (κ2) is 7.58. The molecule has 0 spiro atoms. The number of aromatic nitrogens is 1. The standard InChI is InChI=1S/C22H19F3N2O4/c23-19-5-12(11-28)17-9-26-4-3-16(17)18(19)10-27-13-6-15(7-13)29-14-1-2-20-21(8-14)31-22(24,25)30-20/h1-5,8-9,13,15,27-28H,6-7,10-11H2. The third-order valence-electron chi connectivity index (χ3n) is 5.59. The molecule has 0 saturated heterocycles. The Bertz CT molecular complexity index is 1140. The number of benzene rings is 2. The number of ether oxygens (including phenoxy) is 3. The van der Waals surface area contributed by atoms with Crippen molar-refractivity contribution in [2.75, 3.05) is 0 Å². The Morgan fingerprint density at radius 2 is 1.94 bits per heavy atom. The molecule has 0 bridgehead atoms. The molecule has 1 saturated carbocycles. The van der Waals surface area contributed by atoms with Crippen LogP contribution < -0.4 is 19.5 Å². The van der Waals surface area contributed by atoms with Crippen LogP contribution in [-0.2, 0) is 13.2 Å². The van der Waals surface area contributed by atoms with Crippen molar-refractivity contribution in [1.29, 1.82) is 0 Å². The number of rotatable bonds is 6. The normalized spacial score (nSPS) is 21.2. The van der Waals surface area contributed by atoms with Gasteiger partial charge in [0.05, 0.1) is 6.61 Å². The molecule has 0 amide bonds. The monoisotopic (exact) mass is 432 g/mol. The molecule has 6 nitrogen and oxygen atoms in total. The molecule has 0 unspecified atom stereocenters. The minimum atomic E-state index is -3.66. The Labute approximate surface area is 175 Å². The van der Waals surface area contributed by atoms with Gasteiger partial charge in [-0.1, -0.05) is 0 Å². The molecular weight excluding hydrogens is 413 g/mol. The molecule has 5 rings (SSSR count). The Morgan fingerprint density at radius 1 is 1.13 bits per heavy atom. The predicted octanol–water partition coefficient (Wildman–Crippen LogP) is 3.89. The van der Waals surface area contributed by atoms with E-state index in [0.29, 0.717) is 36.3 Å². The van der Waals surface area contributed by atoms with Crippen molar-refractivity contribution in [2.24, 2.45) is 0 Å². The van der Waals surface area contributed by atoms with Crippen molar-refractivity contribution in [3.05, 3.63) is 59.7 Å². The smallest absolute Gasteiger partial charge is 0.490 e. The molecule has 0 radical (unpaired) electrons. The highest BCUT2D eigenvalue weighted by Gasteiger charge is 2.43. The van der Waals surface area contributed by atoms with Gasteiger partial charge in [0.25, 0.3) is 0 Å². The molecule has 1 aliphatic heterocycles. The molecule has 2 aliphatic rings. The van der Waals surface area contributed by atoms with Crippen molar-refractivity contribution in [2.45, 2.75) is 44.4 Å². The molecular formula is C22H19F3N2O4. The van der Waals surface area contributed by atoms with Crippen LogP contribution in [0.5, 0.6) is 17.2 Å². The number of halogens is 3. The summed E-state index contributed by atoms with van der Waals surface area (Å²) >= 11 is 0. The summed E-state index contributed by atoms with van der Waals surface area (Å²) < 4.78 is 55.5. The molecule has 162 valence electrons. The molecule has 0 atom stereocenters.